The van der Waals surface area contributed by atoms with E-state index in [0.29, 0.717) is 13.1 Å². The number of likely N-dealkylation sites (tertiary alicyclic amines) is 1. The summed E-state index contributed by atoms with van der Waals surface area (Å²) in [6.45, 7) is 0.730. The maximum atomic E-state index is 13.0. The van der Waals surface area contributed by atoms with E-state index in [1.54, 1.807) is 4.90 Å². The summed E-state index contributed by atoms with van der Waals surface area (Å²) in [6.07, 6.45) is 1.58. The van der Waals surface area contributed by atoms with Gasteiger partial charge in [0.25, 0.3) is 11.8 Å². The topological polar surface area (TPSA) is 128 Å². The van der Waals surface area contributed by atoms with E-state index in [-0.39, 0.29) is 45.6 Å². The van der Waals surface area contributed by atoms with Crippen molar-refractivity contribution in [2.75, 3.05) is 19.6 Å². The number of halogens is 2. The van der Waals surface area contributed by atoms with Crippen molar-refractivity contribution < 1.29 is 24.3 Å². The number of carbonyl (C=O) groups excluding carboxylic acids is 3. The lowest BCUT2D eigenvalue weighted by molar-refractivity contribution is -0.139. The first-order valence-corrected chi connectivity index (χ1v) is 14.0. The van der Waals surface area contributed by atoms with Gasteiger partial charge in [-0.15, -0.1) is 0 Å². The molecule has 212 valence electrons. The van der Waals surface area contributed by atoms with Gasteiger partial charge in [-0.05, 0) is 41.7 Å². The van der Waals surface area contributed by atoms with Crippen LogP contribution in [0, 0.1) is 0 Å². The Morgan fingerprint density at radius 2 is 1.61 bits per heavy atom. The summed E-state index contributed by atoms with van der Waals surface area (Å²) in [4.78, 5) is 51.9. The van der Waals surface area contributed by atoms with Crippen molar-refractivity contribution in [3.63, 3.8) is 0 Å². The van der Waals surface area contributed by atoms with E-state index in [4.69, 9.17) is 23.2 Å². The Morgan fingerprint density at radius 3 is 2.29 bits per heavy atom. The molecular formula is C30H28Cl2N4O5. The van der Waals surface area contributed by atoms with E-state index >= 15 is 0 Å². The average Bonchev–Trinajstić information content (AvgIpc) is 3.32. The minimum atomic E-state index is -1.45. The molecular weight excluding hydrogens is 567 g/mol. The number of nitrogens with one attached hydrogen (secondary N) is 3. The Hall–Kier alpha value is -4.08. The van der Waals surface area contributed by atoms with Gasteiger partial charge < -0.3 is 26.0 Å². The zero-order valence-corrected chi connectivity index (χ0v) is 23.4. The quantitative estimate of drug-likeness (QED) is 0.307. The fourth-order valence-corrected chi connectivity index (χ4v) is 5.88. The highest BCUT2D eigenvalue weighted by atomic mass is 35.5. The molecule has 0 aromatic heterocycles. The molecule has 0 unspecified atom stereocenters. The molecule has 1 heterocycles. The van der Waals surface area contributed by atoms with E-state index in [2.05, 4.69) is 16.0 Å². The van der Waals surface area contributed by atoms with Gasteiger partial charge in [0.15, 0.2) is 0 Å². The summed E-state index contributed by atoms with van der Waals surface area (Å²) in [6, 6.07) is 18.2. The first-order chi connectivity index (χ1) is 19.7. The predicted octanol–water partition coefficient (Wildman–Crippen LogP) is 4.40. The van der Waals surface area contributed by atoms with Gasteiger partial charge >= 0.3 is 12.0 Å². The largest absolute Gasteiger partial charge is 0.480 e. The number of carbonyl (C=O) groups is 4. The number of benzene rings is 3. The van der Waals surface area contributed by atoms with Gasteiger partial charge in [-0.25, -0.2) is 9.59 Å². The smallest absolute Gasteiger partial charge is 0.328 e. The molecule has 4 N–H and O–H groups in total. The minimum absolute atomic E-state index is 0.0896. The maximum absolute atomic E-state index is 13.0. The number of urea groups is 1. The molecule has 2 atom stereocenters. The van der Waals surface area contributed by atoms with E-state index < -0.39 is 23.9 Å². The van der Waals surface area contributed by atoms with Gasteiger partial charge in [0.1, 0.15) is 6.04 Å². The van der Waals surface area contributed by atoms with Gasteiger partial charge in [-0.1, -0.05) is 77.8 Å². The molecule has 3 aromatic carbocycles. The predicted molar refractivity (Wildman–Crippen MR) is 154 cm³/mol. The molecule has 11 heteroatoms. The van der Waals surface area contributed by atoms with Crippen LogP contribution in [-0.4, -0.2) is 59.5 Å². The molecule has 0 bridgehead atoms. The molecule has 4 amide bonds. The second kappa shape index (κ2) is 12.2. The van der Waals surface area contributed by atoms with Crippen molar-refractivity contribution in [2.45, 2.75) is 30.8 Å². The average molecular weight is 595 g/mol. The lowest BCUT2D eigenvalue weighted by atomic mass is 9.91. The Bertz CT molecular complexity index is 1470. The van der Waals surface area contributed by atoms with Crippen LogP contribution in [0.1, 0.15) is 55.8 Å². The van der Waals surface area contributed by atoms with Gasteiger partial charge in [0.2, 0.25) is 0 Å². The van der Waals surface area contributed by atoms with Gasteiger partial charge in [-0.3, -0.25) is 9.59 Å². The summed E-state index contributed by atoms with van der Waals surface area (Å²) < 4.78 is 0. The van der Waals surface area contributed by atoms with Crippen molar-refractivity contribution >= 4 is 47.0 Å². The third kappa shape index (κ3) is 6.31. The Balaban J connectivity index is 1.17. The van der Waals surface area contributed by atoms with Crippen molar-refractivity contribution in [3.8, 4) is 0 Å². The highest BCUT2D eigenvalue weighted by Crippen LogP contribution is 2.32. The number of amides is 4. The second-order valence-corrected chi connectivity index (χ2v) is 11.0. The van der Waals surface area contributed by atoms with Crippen LogP contribution in [0.25, 0.3) is 0 Å². The standard InChI is InChI=1S/C30H28Cl2N4O5/c31-22-12-19(28(38)36-15-20(16-36)17-6-2-1-3-7-17)13-23(32)26(22)27(37)34-25(29(39)40)14-33-30(41)35-24-11-10-18-8-4-5-9-21(18)24/h1-9,12-13,20,24-25H,10-11,14-16H2,(H,34,37)(H,39,40)(H2,33,35,41)/t24-,25+/m1/s1. The molecule has 0 radical (unpaired) electrons. The molecule has 1 saturated heterocycles. The van der Waals surface area contributed by atoms with Gasteiger partial charge in [0, 0.05) is 24.6 Å². The van der Waals surface area contributed by atoms with Crippen LogP contribution >= 0.6 is 23.2 Å². The molecule has 2 aliphatic rings. The molecule has 0 spiro atoms. The number of aryl methyl sites for hydroxylation is 1. The number of nitrogens with zero attached hydrogens (tertiary/aromatic N) is 1. The molecule has 1 aliphatic carbocycles. The van der Waals surface area contributed by atoms with Gasteiger partial charge in [0.05, 0.1) is 28.2 Å². The highest BCUT2D eigenvalue weighted by Gasteiger charge is 2.33. The van der Waals surface area contributed by atoms with Crippen molar-refractivity contribution in [1.29, 1.82) is 0 Å². The molecule has 1 fully saturated rings. The SMILES string of the molecule is O=C(NC[C@H](NC(=O)c1c(Cl)cc(C(=O)N2CC(c3ccccc3)C2)cc1Cl)C(=O)O)N[C@@H]1CCc2ccccc21. The number of carboxylic acids is 1. The summed E-state index contributed by atoms with van der Waals surface area (Å²) in [5.41, 5.74) is 3.42. The van der Waals surface area contributed by atoms with Gasteiger partial charge in [-0.2, -0.15) is 0 Å². The zero-order valence-electron chi connectivity index (χ0n) is 21.9. The van der Waals surface area contributed by atoms with Crippen molar-refractivity contribution in [2.24, 2.45) is 0 Å². The van der Waals surface area contributed by atoms with Crippen LogP contribution in [0.3, 0.4) is 0 Å². The monoisotopic (exact) mass is 594 g/mol. The normalized spacial score (nSPS) is 16.7. The van der Waals surface area contributed by atoms with E-state index in [9.17, 15) is 24.3 Å². The van der Waals surface area contributed by atoms with E-state index in [0.717, 1.165) is 29.5 Å². The lowest BCUT2D eigenvalue weighted by Crippen LogP contribution is -2.50. The molecule has 0 saturated carbocycles. The fourth-order valence-electron chi connectivity index (χ4n) is 5.22. The van der Waals surface area contributed by atoms with Crippen LogP contribution in [0.15, 0.2) is 66.7 Å². The number of hydrogen-bond acceptors (Lipinski definition) is 4. The van der Waals surface area contributed by atoms with E-state index in [1.807, 2.05) is 54.6 Å². The summed E-state index contributed by atoms with van der Waals surface area (Å²) in [7, 11) is 0. The number of carboxylic acid groups (broad SMARTS) is 1. The second-order valence-electron chi connectivity index (χ2n) is 10.1. The number of hydrogen-bond donors (Lipinski definition) is 4. The third-order valence-electron chi connectivity index (χ3n) is 7.46. The maximum Gasteiger partial charge on any atom is 0.328 e. The number of rotatable bonds is 8. The minimum Gasteiger partial charge on any atom is -0.480 e. The Morgan fingerprint density at radius 1 is 0.951 bits per heavy atom. The number of aliphatic carboxylic acids is 1. The molecule has 41 heavy (non-hydrogen) atoms. The van der Waals surface area contributed by atoms with Crippen LogP contribution in [0.5, 0.6) is 0 Å². The van der Waals surface area contributed by atoms with Crippen LogP contribution in [0.4, 0.5) is 4.79 Å². The van der Waals surface area contributed by atoms with Crippen LogP contribution in [0.2, 0.25) is 10.0 Å². The van der Waals surface area contributed by atoms with Crippen LogP contribution < -0.4 is 16.0 Å². The Labute approximate surface area is 246 Å². The molecule has 9 nitrogen and oxygen atoms in total. The summed E-state index contributed by atoms with van der Waals surface area (Å²) in [5, 5.41) is 17.2. The molecule has 3 aromatic rings. The first-order valence-electron chi connectivity index (χ1n) is 13.2. The first kappa shape index (κ1) is 28.4. The van der Waals surface area contributed by atoms with Crippen molar-refractivity contribution in [1.82, 2.24) is 20.9 Å². The zero-order chi connectivity index (χ0) is 29.1. The third-order valence-corrected chi connectivity index (χ3v) is 8.06. The summed E-state index contributed by atoms with van der Waals surface area (Å²) >= 11 is 12.7. The van der Waals surface area contributed by atoms with Crippen LogP contribution in [-0.2, 0) is 11.2 Å². The van der Waals surface area contributed by atoms with Crippen molar-refractivity contribution in [3.05, 3.63) is 105 Å². The number of fused-ring (bicyclic) bond motifs is 1. The summed E-state index contributed by atoms with van der Waals surface area (Å²) in [5.74, 6) is -2.22. The molecule has 5 rings (SSSR count). The Kier molecular flexibility index (Phi) is 8.46. The molecule has 1 aliphatic heterocycles. The highest BCUT2D eigenvalue weighted by molar-refractivity contribution is 6.40. The van der Waals surface area contributed by atoms with E-state index in [1.165, 1.54) is 12.1 Å². The lowest BCUT2D eigenvalue weighted by Gasteiger charge is -2.39. The fraction of sp³-hybridized carbons (Fsp3) is 0.267.